The average Bonchev–Trinajstić information content (AvgIpc) is 2.08. The van der Waals surface area contributed by atoms with Crippen LogP contribution in [0.15, 0.2) is 18.2 Å². The molecule has 0 aliphatic heterocycles. The molecule has 0 aliphatic rings. The summed E-state index contributed by atoms with van der Waals surface area (Å²) >= 11 is 0. The summed E-state index contributed by atoms with van der Waals surface area (Å²) in [5.74, 6) is -0.720. The van der Waals surface area contributed by atoms with Crippen molar-refractivity contribution in [3.8, 4) is 6.07 Å². The fraction of sp³-hybridized carbons (Fsp3) is 0.222. The molecule has 0 fully saturated rings. The first-order chi connectivity index (χ1) is 5.65. The van der Waals surface area contributed by atoms with Crippen molar-refractivity contribution >= 4 is 5.69 Å². The number of benzene rings is 1. The standard InChI is InChI=1S/C9H9FN2/c1-6(5-11)8-4-7(10)2-3-9(8)12/h2-4,6H,12H2,1H3. The number of nitrogens with zero attached hydrogens (tertiary/aromatic N) is 1. The maximum atomic E-state index is 12.7. The molecule has 1 atom stereocenters. The second-order valence-electron chi connectivity index (χ2n) is 2.62. The topological polar surface area (TPSA) is 49.8 Å². The van der Waals surface area contributed by atoms with E-state index < -0.39 is 0 Å². The molecule has 2 N–H and O–H groups in total. The van der Waals surface area contributed by atoms with Gasteiger partial charge >= 0.3 is 0 Å². The molecule has 0 spiro atoms. The summed E-state index contributed by atoms with van der Waals surface area (Å²) < 4.78 is 12.7. The Bertz CT molecular complexity index is 328. The lowest BCUT2D eigenvalue weighted by Gasteiger charge is -2.06. The molecular weight excluding hydrogens is 155 g/mol. The lowest BCUT2D eigenvalue weighted by atomic mass is 10.0. The highest BCUT2D eigenvalue weighted by molar-refractivity contribution is 5.50. The molecule has 0 aromatic heterocycles. The van der Waals surface area contributed by atoms with Crippen LogP contribution in [-0.4, -0.2) is 0 Å². The molecule has 1 aromatic carbocycles. The number of nitrogens with two attached hydrogens (primary N) is 1. The number of hydrogen-bond acceptors (Lipinski definition) is 2. The molecule has 0 radical (unpaired) electrons. The van der Waals surface area contributed by atoms with Gasteiger partial charge in [-0.2, -0.15) is 5.26 Å². The molecule has 62 valence electrons. The average molecular weight is 164 g/mol. The zero-order valence-electron chi connectivity index (χ0n) is 6.71. The molecule has 3 heteroatoms. The minimum absolute atomic E-state index is 0.360. The fourth-order valence-electron chi connectivity index (χ4n) is 0.990. The Labute approximate surface area is 70.4 Å². The normalized spacial score (nSPS) is 12.1. The quantitative estimate of drug-likeness (QED) is 0.645. The number of anilines is 1. The Balaban J connectivity index is 3.15. The molecule has 12 heavy (non-hydrogen) atoms. The maximum Gasteiger partial charge on any atom is 0.123 e. The van der Waals surface area contributed by atoms with Gasteiger partial charge in [-0.3, -0.25) is 0 Å². The second-order valence-corrected chi connectivity index (χ2v) is 2.62. The van der Waals surface area contributed by atoms with E-state index in [-0.39, 0.29) is 11.7 Å². The largest absolute Gasteiger partial charge is 0.398 e. The second kappa shape index (κ2) is 3.22. The van der Waals surface area contributed by atoms with E-state index in [0.29, 0.717) is 11.3 Å². The minimum Gasteiger partial charge on any atom is -0.398 e. The molecule has 0 amide bonds. The van der Waals surface area contributed by atoms with Gasteiger partial charge in [0.05, 0.1) is 12.0 Å². The Morgan fingerprint density at radius 1 is 1.58 bits per heavy atom. The first-order valence-corrected chi connectivity index (χ1v) is 3.59. The number of rotatable bonds is 1. The Morgan fingerprint density at radius 3 is 2.83 bits per heavy atom. The molecule has 1 unspecified atom stereocenters. The fourth-order valence-corrected chi connectivity index (χ4v) is 0.990. The van der Waals surface area contributed by atoms with Crippen LogP contribution in [0.3, 0.4) is 0 Å². The van der Waals surface area contributed by atoms with E-state index in [4.69, 9.17) is 11.0 Å². The van der Waals surface area contributed by atoms with Crippen molar-refractivity contribution < 1.29 is 4.39 Å². The predicted molar refractivity (Wildman–Crippen MR) is 44.8 cm³/mol. The third-order valence-electron chi connectivity index (χ3n) is 1.71. The van der Waals surface area contributed by atoms with Crippen LogP contribution in [0.1, 0.15) is 18.4 Å². The van der Waals surface area contributed by atoms with Crippen LogP contribution in [0, 0.1) is 17.1 Å². The van der Waals surface area contributed by atoms with Crippen LogP contribution in [0.5, 0.6) is 0 Å². The van der Waals surface area contributed by atoms with Gasteiger partial charge in [-0.15, -0.1) is 0 Å². The molecule has 2 nitrogen and oxygen atoms in total. The summed E-state index contributed by atoms with van der Waals surface area (Å²) in [6, 6.07) is 6.05. The van der Waals surface area contributed by atoms with Crippen LogP contribution >= 0.6 is 0 Å². The number of hydrogen-bond donors (Lipinski definition) is 1. The predicted octanol–water partition coefficient (Wildman–Crippen LogP) is 2.03. The van der Waals surface area contributed by atoms with Crippen molar-refractivity contribution in [2.45, 2.75) is 12.8 Å². The monoisotopic (exact) mass is 164 g/mol. The smallest absolute Gasteiger partial charge is 0.123 e. The van der Waals surface area contributed by atoms with Crippen molar-refractivity contribution in [2.24, 2.45) is 0 Å². The van der Waals surface area contributed by atoms with Gasteiger partial charge in [0.2, 0.25) is 0 Å². The van der Waals surface area contributed by atoms with Crippen LogP contribution in [0.4, 0.5) is 10.1 Å². The zero-order valence-corrected chi connectivity index (χ0v) is 6.71. The highest BCUT2D eigenvalue weighted by atomic mass is 19.1. The maximum absolute atomic E-state index is 12.7. The minimum atomic E-state index is -0.360. The Kier molecular flexibility index (Phi) is 2.29. The van der Waals surface area contributed by atoms with Crippen molar-refractivity contribution in [1.82, 2.24) is 0 Å². The van der Waals surface area contributed by atoms with Crippen molar-refractivity contribution in [3.05, 3.63) is 29.6 Å². The van der Waals surface area contributed by atoms with Gasteiger partial charge in [0.15, 0.2) is 0 Å². The van der Waals surface area contributed by atoms with E-state index in [2.05, 4.69) is 0 Å². The number of halogens is 1. The summed E-state index contributed by atoms with van der Waals surface area (Å²) in [5, 5.41) is 8.58. The lowest BCUT2D eigenvalue weighted by Crippen LogP contribution is -1.97. The van der Waals surface area contributed by atoms with Crippen molar-refractivity contribution in [1.29, 1.82) is 5.26 Å². The van der Waals surface area contributed by atoms with E-state index in [0.717, 1.165) is 0 Å². The molecule has 0 bridgehead atoms. The molecule has 0 aliphatic carbocycles. The molecule has 0 heterocycles. The van der Waals surface area contributed by atoms with Crippen LogP contribution < -0.4 is 5.73 Å². The van der Waals surface area contributed by atoms with E-state index in [1.165, 1.54) is 18.2 Å². The van der Waals surface area contributed by atoms with Crippen LogP contribution in [-0.2, 0) is 0 Å². The molecule has 0 saturated carbocycles. The summed E-state index contributed by atoms with van der Waals surface area (Å²) in [6.07, 6.45) is 0. The van der Waals surface area contributed by atoms with Gasteiger partial charge in [0.25, 0.3) is 0 Å². The summed E-state index contributed by atoms with van der Waals surface area (Å²) in [7, 11) is 0. The van der Waals surface area contributed by atoms with E-state index in [1.807, 2.05) is 6.07 Å². The van der Waals surface area contributed by atoms with Gasteiger partial charge in [-0.25, -0.2) is 4.39 Å². The van der Waals surface area contributed by atoms with Crippen molar-refractivity contribution in [2.75, 3.05) is 5.73 Å². The van der Waals surface area contributed by atoms with Gasteiger partial charge in [0, 0.05) is 5.69 Å². The van der Waals surface area contributed by atoms with E-state index in [9.17, 15) is 4.39 Å². The highest BCUT2D eigenvalue weighted by Crippen LogP contribution is 2.21. The zero-order chi connectivity index (χ0) is 9.14. The molecule has 0 saturated heterocycles. The summed E-state index contributed by atoms with van der Waals surface area (Å²) in [4.78, 5) is 0. The van der Waals surface area contributed by atoms with E-state index in [1.54, 1.807) is 6.92 Å². The first kappa shape index (κ1) is 8.54. The van der Waals surface area contributed by atoms with Gasteiger partial charge in [-0.1, -0.05) is 0 Å². The van der Waals surface area contributed by atoms with Gasteiger partial charge in [-0.05, 0) is 30.7 Å². The highest BCUT2D eigenvalue weighted by Gasteiger charge is 2.08. The molecular formula is C9H9FN2. The lowest BCUT2D eigenvalue weighted by molar-refractivity contribution is 0.625. The molecule has 1 rings (SSSR count). The number of nitriles is 1. The van der Waals surface area contributed by atoms with Crippen LogP contribution in [0.25, 0.3) is 0 Å². The SMILES string of the molecule is CC(C#N)c1cc(F)ccc1N. The summed E-state index contributed by atoms with van der Waals surface area (Å²) in [5.41, 5.74) is 6.56. The Hall–Kier alpha value is -1.56. The third kappa shape index (κ3) is 1.54. The van der Waals surface area contributed by atoms with Gasteiger partial charge in [0.1, 0.15) is 5.82 Å². The van der Waals surface area contributed by atoms with Crippen molar-refractivity contribution in [3.63, 3.8) is 0 Å². The summed E-state index contributed by atoms with van der Waals surface area (Å²) in [6.45, 7) is 1.69. The van der Waals surface area contributed by atoms with Gasteiger partial charge < -0.3 is 5.73 Å². The first-order valence-electron chi connectivity index (χ1n) is 3.59. The van der Waals surface area contributed by atoms with E-state index >= 15 is 0 Å². The molecule has 1 aromatic rings. The third-order valence-corrected chi connectivity index (χ3v) is 1.71. The Morgan fingerprint density at radius 2 is 2.25 bits per heavy atom. The number of nitrogen functional groups attached to an aromatic ring is 1. The van der Waals surface area contributed by atoms with Crippen LogP contribution in [0.2, 0.25) is 0 Å².